The van der Waals surface area contributed by atoms with Crippen molar-refractivity contribution in [2.75, 3.05) is 5.73 Å². The Hall–Kier alpha value is -3.45. The van der Waals surface area contributed by atoms with Crippen molar-refractivity contribution in [3.05, 3.63) is 96.1 Å². The van der Waals surface area contributed by atoms with Crippen molar-refractivity contribution in [3.63, 3.8) is 0 Å². The molecule has 0 radical (unpaired) electrons. The quantitative estimate of drug-likeness (QED) is 0.365. The topological polar surface area (TPSA) is 102 Å². The molecule has 3 rings (SSSR count). The number of carboxylic acids is 1. The molecule has 154 valence electrons. The van der Waals surface area contributed by atoms with E-state index in [4.69, 9.17) is 10.5 Å². The van der Waals surface area contributed by atoms with Crippen LogP contribution in [0.15, 0.2) is 89.8 Å². The van der Waals surface area contributed by atoms with Gasteiger partial charge in [-0.25, -0.2) is 9.59 Å². The number of thioether (sulfide) groups is 1. The van der Waals surface area contributed by atoms with E-state index in [0.717, 1.165) is 16.0 Å². The molecule has 2 unspecified atom stereocenters. The van der Waals surface area contributed by atoms with Gasteiger partial charge in [0.1, 0.15) is 12.6 Å². The summed E-state index contributed by atoms with van der Waals surface area (Å²) in [6, 6.07) is 24.3. The molecule has 3 aromatic carbocycles. The van der Waals surface area contributed by atoms with Gasteiger partial charge in [0.25, 0.3) is 0 Å². The molecule has 0 aliphatic carbocycles. The fourth-order valence-corrected chi connectivity index (χ4v) is 4.10. The Morgan fingerprint density at radius 3 is 2.17 bits per heavy atom. The summed E-state index contributed by atoms with van der Waals surface area (Å²) >= 11 is 1.29. The zero-order valence-corrected chi connectivity index (χ0v) is 16.9. The summed E-state index contributed by atoms with van der Waals surface area (Å²) in [6.07, 6.45) is -0.797. The van der Waals surface area contributed by atoms with Crippen molar-refractivity contribution in [1.29, 1.82) is 0 Å². The first kappa shape index (κ1) is 21.3. The van der Waals surface area contributed by atoms with Crippen molar-refractivity contribution in [2.45, 2.75) is 22.8 Å². The Bertz CT molecular complexity index is 983. The van der Waals surface area contributed by atoms with Crippen molar-refractivity contribution in [3.8, 4) is 0 Å². The van der Waals surface area contributed by atoms with E-state index < -0.39 is 23.4 Å². The molecule has 0 aliphatic heterocycles. The monoisotopic (exact) mass is 422 g/mol. The number of para-hydroxylation sites is 1. The molecule has 1 amide bonds. The first-order valence-electron chi connectivity index (χ1n) is 9.30. The maximum absolute atomic E-state index is 12.4. The van der Waals surface area contributed by atoms with Crippen LogP contribution in [0.1, 0.15) is 16.4 Å². The molecule has 0 aliphatic rings. The lowest BCUT2D eigenvalue weighted by molar-refractivity contribution is -0.139. The van der Waals surface area contributed by atoms with E-state index in [1.807, 2.05) is 78.9 Å². The van der Waals surface area contributed by atoms with E-state index >= 15 is 0 Å². The highest BCUT2D eigenvalue weighted by Crippen LogP contribution is 2.40. The third-order valence-corrected chi connectivity index (χ3v) is 5.78. The summed E-state index contributed by atoms with van der Waals surface area (Å²) in [6.45, 7) is 0.0494. The van der Waals surface area contributed by atoms with Gasteiger partial charge in [0.2, 0.25) is 0 Å². The SMILES string of the molecule is Nc1ccccc1SC(c1ccccc1)C(NC(=O)OCc1ccccc1)C(=O)O. The third-order valence-electron chi connectivity index (χ3n) is 4.36. The van der Waals surface area contributed by atoms with Gasteiger partial charge in [-0.2, -0.15) is 0 Å². The van der Waals surface area contributed by atoms with Gasteiger partial charge in [-0.1, -0.05) is 72.8 Å². The lowest BCUT2D eigenvalue weighted by Gasteiger charge is -2.25. The van der Waals surface area contributed by atoms with Crippen LogP contribution in [0, 0.1) is 0 Å². The average molecular weight is 423 g/mol. The van der Waals surface area contributed by atoms with Crippen LogP contribution in [0.3, 0.4) is 0 Å². The fourth-order valence-electron chi connectivity index (χ4n) is 2.85. The smallest absolute Gasteiger partial charge is 0.408 e. The lowest BCUT2D eigenvalue weighted by Crippen LogP contribution is -2.44. The van der Waals surface area contributed by atoms with Gasteiger partial charge in [0.15, 0.2) is 0 Å². The number of amides is 1. The number of carboxylic acid groups (broad SMARTS) is 1. The summed E-state index contributed by atoms with van der Waals surface area (Å²) in [5.74, 6) is -1.16. The largest absolute Gasteiger partial charge is 0.480 e. The standard InChI is InChI=1S/C23H22N2O4S/c24-18-13-7-8-14-19(18)30-21(17-11-5-2-6-12-17)20(22(26)27)25-23(28)29-15-16-9-3-1-4-10-16/h1-14,20-21H,15,24H2,(H,25,28)(H,26,27). The van der Waals surface area contributed by atoms with Crippen molar-refractivity contribution < 1.29 is 19.4 Å². The molecular weight excluding hydrogens is 400 g/mol. The van der Waals surface area contributed by atoms with E-state index in [1.54, 1.807) is 6.07 Å². The highest BCUT2D eigenvalue weighted by molar-refractivity contribution is 7.99. The number of benzene rings is 3. The molecule has 7 heteroatoms. The van der Waals surface area contributed by atoms with Crippen molar-refractivity contribution in [1.82, 2.24) is 5.32 Å². The van der Waals surface area contributed by atoms with E-state index in [9.17, 15) is 14.7 Å². The van der Waals surface area contributed by atoms with Crippen LogP contribution in [-0.4, -0.2) is 23.2 Å². The minimum absolute atomic E-state index is 0.0494. The lowest BCUT2D eigenvalue weighted by atomic mass is 10.1. The molecule has 0 fully saturated rings. The first-order chi connectivity index (χ1) is 14.5. The van der Waals surface area contributed by atoms with Gasteiger partial charge in [0, 0.05) is 10.6 Å². The number of rotatable bonds is 8. The molecule has 0 aromatic heterocycles. The Balaban J connectivity index is 1.80. The zero-order chi connectivity index (χ0) is 21.3. The Morgan fingerprint density at radius 1 is 0.933 bits per heavy atom. The number of nitrogens with one attached hydrogen (secondary N) is 1. The fraction of sp³-hybridized carbons (Fsp3) is 0.130. The van der Waals surface area contributed by atoms with Crippen LogP contribution >= 0.6 is 11.8 Å². The minimum Gasteiger partial charge on any atom is -0.480 e. The molecular formula is C23H22N2O4S. The second-order valence-corrected chi connectivity index (χ2v) is 7.69. The van der Waals surface area contributed by atoms with Crippen molar-refractivity contribution >= 4 is 29.5 Å². The molecule has 6 nitrogen and oxygen atoms in total. The molecule has 0 heterocycles. The number of aliphatic carboxylic acids is 1. The second-order valence-electron chi connectivity index (χ2n) is 6.51. The van der Waals surface area contributed by atoms with E-state index in [-0.39, 0.29) is 6.61 Å². The molecule has 3 aromatic rings. The Labute approximate surface area is 179 Å². The van der Waals surface area contributed by atoms with Gasteiger partial charge in [-0.05, 0) is 23.3 Å². The van der Waals surface area contributed by atoms with Crippen LogP contribution < -0.4 is 11.1 Å². The van der Waals surface area contributed by atoms with E-state index in [1.165, 1.54) is 11.8 Å². The number of hydrogen-bond donors (Lipinski definition) is 3. The molecule has 0 saturated carbocycles. The number of nitrogen functional groups attached to an aromatic ring is 1. The summed E-state index contributed by atoms with van der Waals surface area (Å²) in [5, 5.41) is 11.8. The summed E-state index contributed by atoms with van der Waals surface area (Å²) in [7, 11) is 0. The van der Waals surface area contributed by atoms with Gasteiger partial charge < -0.3 is 20.9 Å². The van der Waals surface area contributed by atoms with Gasteiger partial charge in [-0.15, -0.1) is 11.8 Å². The highest BCUT2D eigenvalue weighted by Gasteiger charge is 2.33. The molecule has 4 N–H and O–H groups in total. The third kappa shape index (κ3) is 5.78. The first-order valence-corrected chi connectivity index (χ1v) is 10.2. The van der Waals surface area contributed by atoms with Crippen LogP contribution in [0.25, 0.3) is 0 Å². The van der Waals surface area contributed by atoms with Gasteiger partial charge >= 0.3 is 12.1 Å². The highest BCUT2D eigenvalue weighted by atomic mass is 32.2. The van der Waals surface area contributed by atoms with E-state index in [0.29, 0.717) is 5.69 Å². The van der Waals surface area contributed by atoms with Crippen LogP contribution in [-0.2, 0) is 16.1 Å². The number of ether oxygens (including phenoxy) is 1. The number of carbonyl (C=O) groups is 2. The van der Waals surface area contributed by atoms with Crippen molar-refractivity contribution in [2.24, 2.45) is 0 Å². The maximum Gasteiger partial charge on any atom is 0.408 e. The average Bonchev–Trinajstić information content (AvgIpc) is 2.77. The van der Waals surface area contributed by atoms with Crippen LogP contribution in [0.4, 0.5) is 10.5 Å². The Morgan fingerprint density at radius 2 is 1.53 bits per heavy atom. The number of hydrogen-bond acceptors (Lipinski definition) is 5. The van der Waals surface area contributed by atoms with Gasteiger partial charge in [0.05, 0.1) is 5.25 Å². The zero-order valence-electron chi connectivity index (χ0n) is 16.1. The summed E-state index contributed by atoms with van der Waals surface area (Å²) in [5.41, 5.74) is 8.16. The Kier molecular flexibility index (Phi) is 7.34. The molecule has 0 saturated heterocycles. The molecule has 30 heavy (non-hydrogen) atoms. The minimum atomic E-state index is -1.22. The summed E-state index contributed by atoms with van der Waals surface area (Å²) in [4.78, 5) is 25.2. The number of alkyl carbamates (subject to hydrolysis) is 1. The second kappa shape index (κ2) is 10.4. The number of anilines is 1. The van der Waals surface area contributed by atoms with E-state index in [2.05, 4.69) is 5.32 Å². The molecule has 0 bridgehead atoms. The number of carbonyl (C=O) groups excluding carboxylic acids is 1. The molecule has 2 atom stereocenters. The molecule has 0 spiro atoms. The maximum atomic E-state index is 12.4. The van der Waals surface area contributed by atoms with Crippen LogP contribution in [0.2, 0.25) is 0 Å². The normalized spacial score (nSPS) is 12.5. The van der Waals surface area contributed by atoms with Crippen LogP contribution in [0.5, 0.6) is 0 Å². The number of nitrogens with two attached hydrogens (primary N) is 1. The summed E-state index contributed by atoms with van der Waals surface area (Å²) < 4.78 is 5.22. The predicted molar refractivity (Wildman–Crippen MR) is 117 cm³/mol. The predicted octanol–water partition coefficient (Wildman–Crippen LogP) is 4.48. The van der Waals surface area contributed by atoms with Gasteiger partial charge in [-0.3, -0.25) is 0 Å².